The fourth-order valence-electron chi connectivity index (χ4n) is 0.808. The van der Waals surface area contributed by atoms with Crippen molar-refractivity contribution < 1.29 is 9.52 Å². The Morgan fingerprint density at radius 1 is 1.50 bits per heavy atom. The number of hydrogen-bond acceptors (Lipinski definition) is 2. The molecule has 0 aliphatic heterocycles. The van der Waals surface area contributed by atoms with Gasteiger partial charge in [0.25, 0.3) is 0 Å². The Bertz CT molecular complexity index is 204. The summed E-state index contributed by atoms with van der Waals surface area (Å²) in [7, 11) is 0. The third-order valence-corrected chi connectivity index (χ3v) is 1.60. The summed E-state index contributed by atoms with van der Waals surface area (Å²) >= 11 is 0. The van der Waals surface area contributed by atoms with Crippen molar-refractivity contribution >= 4 is 0 Å². The highest BCUT2D eigenvalue weighted by molar-refractivity contribution is 5.19. The smallest absolute Gasteiger partial charge is 0.132 e. The molecule has 0 radical (unpaired) electrons. The summed E-state index contributed by atoms with van der Waals surface area (Å²) in [5, 5.41) is 9.07. The quantitative estimate of drug-likeness (QED) is 0.646. The molecule has 56 valence electrons. The first-order valence-electron chi connectivity index (χ1n) is 3.36. The predicted molar refractivity (Wildman–Crippen MR) is 38.8 cm³/mol. The minimum Gasteiger partial charge on any atom is -0.463 e. The van der Waals surface area contributed by atoms with Gasteiger partial charge in [-0.25, -0.2) is 0 Å². The number of aliphatic hydroxyl groups is 1. The van der Waals surface area contributed by atoms with Gasteiger partial charge in [0.15, 0.2) is 0 Å². The van der Waals surface area contributed by atoms with Crippen LogP contribution in [0.5, 0.6) is 0 Å². The first-order chi connectivity index (χ1) is 4.61. The second-order valence-electron chi connectivity index (χ2n) is 2.56. The Morgan fingerprint density at radius 2 is 2.10 bits per heavy atom. The lowest BCUT2D eigenvalue weighted by Gasteiger charge is -1.95. The lowest BCUT2D eigenvalue weighted by molar-refractivity contribution is 0.168. The number of aryl methyl sites for hydroxylation is 2. The summed E-state index contributed by atoms with van der Waals surface area (Å²) in [5.41, 5.74) is 1.09. The van der Waals surface area contributed by atoms with Crippen molar-refractivity contribution in [2.75, 3.05) is 0 Å². The van der Waals surface area contributed by atoms with Crippen LogP contribution >= 0.6 is 0 Å². The molecule has 1 rings (SSSR count). The van der Waals surface area contributed by atoms with Crippen LogP contribution in [0.1, 0.15) is 30.1 Å². The van der Waals surface area contributed by atoms with Gasteiger partial charge in [0.2, 0.25) is 0 Å². The van der Waals surface area contributed by atoms with Crippen molar-refractivity contribution in [3.8, 4) is 0 Å². The molecule has 2 nitrogen and oxygen atoms in total. The second kappa shape index (κ2) is 2.46. The highest BCUT2D eigenvalue weighted by atomic mass is 16.4. The van der Waals surface area contributed by atoms with E-state index >= 15 is 0 Å². The fraction of sp³-hybridized carbons (Fsp3) is 0.500. The molecular formula is C8H12O2. The normalized spacial score (nSPS) is 13.6. The molecule has 0 fully saturated rings. The number of aliphatic hydroxyl groups excluding tert-OH is 1. The van der Waals surface area contributed by atoms with Crippen molar-refractivity contribution in [1.82, 2.24) is 0 Å². The Kier molecular flexibility index (Phi) is 1.81. The largest absolute Gasteiger partial charge is 0.463 e. The van der Waals surface area contributed by atoms with Gasteiger partial charge in [-0.1, -0.05) is 0 Å². The van der Waals surface area contributed by atoms with Gasteiger partial charge in [0.05, 0.1) is 0 Å². The van der Waals surface area contributed by atoms with Gasteiger partial charge >= 0.3 is 0 Å². The molecule has 1 aromatic heterocycles. The topological polar surface area (TPSA) is 33.4 Å². The number of furan rings is 1. The molecule has 0 spiro atoms. The SMILES string of the molecule is Cc1cc(C(C)O)oc1C. The summed E-state index contributed by atoms with van der Waals surface area (Å²) in [4.78, 5) is 0. The fourth-order valence-corrected chi connectivity index (χ4v) is 0.808. The maximum atomic E-state index is 9.07. The molecule has 0 saturated heterocycles. The van der Waals surface area contributed by atoms with E-state index in [2.05, 4.69) is 0 Å². The Balaban J connectivity index is 2.98. The minimum atomic E-state index is -0.493. The van der Waals surface area contributed by atoms with Crippen LogP contribution in [0.15, 0.2) is 10.5 Å². The average molecular weight is 140 g/mol. The average Bonchev–Trinajstić information content (AvgIpc) is 2.13. The highest BCUT2D eigenvalue weighted by Crippen LogP contribution is 2.18. The van der Waals surface area contributed by atoms with Crippen LogP contribution in [0.25, 0.3) is 0 Å². The molecular weight excluding hydrogens is 128 g/mol. The van der Waals surface area contributed by atoms with Gasteiger partial charge < -0.3 is 9.52 Å². The van der Waals surface area contributed by atoms with Gasteiger partial charge in [-0.05, 0) is 32.4 Å². The van der Waals surface area contributed by atoms with Crippen molar-refractivity contribution in [2.45, 2.75) is 26.9 Å². The summed E-state index contributed by atoms with van der Waals surface area (Å²) in [6.45, 7) is 5.55. The Hall–Kier alpha value is -0.760. The maximum Gasteiger partial charge on any atom is 0.132 e. The van der Waals surface area contributed by atoms with Crippen molar-refractivity contribution in [2.24, 2.45) is 0 Å². The minimum absolute atomic E-state index is 0.493. The Morgan fingerprint density at radius 3 is 2.30 bits per heavy atom. The molecule has 0 aromatic carbocycles. The molecule has 2 heteroatoms. The third kappa shape index (κ3) is 1.21. The van der Waals surface area contributed by atoms with E-state index in [4.69, 9.17) is 9.52 Å². The van der Waals surface area contributed by atoms with Crippen LogP contribution in [0.3, 0.4) is 0 Å². The molecule has 0 aliphatic rings. The lowest BCUT2D eigenvalue weighted by atomic mass is 10.2. The van der Waals surface area contributed by atoms with Gasteiger partial charge in [0.1, 0.15) is 17.6 Å². The molecule has 0 saturated carbocycles. The van der Waals surface area contributed by atoms with E-state index in [1.807, 2.05) is 19.9 Å². The van der Waals surface area contributed by atoms with E-state index < -0.39 is 6.10 Å². The molecule has 0 aliphatic carbocycles. The molecule has 1 N–H and O–H groups in total. The van der Waals surface area contributed by atoms with Crippen LogP contribution in [-0.2, 0) is 0 Å². The van der Waals surface area contributed by atoms with E-state index in [1.54, 1.807) is 6.92 Å². The highest BCUT2D eigenvalue weighted by Gasteiger charge is 2.07. The molecule has 0 bridgehead atoms. The monoisotopic (exact) mass is 140 g/mol. The molecule has 1 unspecified atom stereocenters. The van der Waals surface area contributed by atoms with Crippen molar-refractivity contribution in [3.63, 3.8) is 0 Å². The van der Waals surface area contributed by atoms with E-state index in [1.165, 1.54) is 0 Å². The first-order valence-corrected chi connectivity index (χ1v) is 3.36. The van der Waals surface area contributed by atoms with Crippen molar-refractivity contribution in [3.05, 3.63) is 23.2 Å². The van der Waals surface area contributed by atoms with Gasteiger partial charge in [-0.15, -0.1) is 0 Å². The second-order valence-corrected chi connectivity index (χ2v) is 2.56. The summed E-state index contributed by atoms with van der Waals surface area (Å²) < 4.78 is 5.23. The van der Waals surface area contributed by atoms with Gasteiger partial charge in [0, 0.05) is 0 Å². The number of hydrogen-bond donors (Lipinski definition) is 1. The van der Waals surface area contributed by atoms with Crippen LogP contribution in [-0.4, -0.2) is 5.11 Å². The molecule has 10 heavy (non-hydrogen) atoms. The number of rotatable bonds is 1. The van der Waals surface area contributed by atoms with E-state index in [0.29, 0.717) is 5.76 Å². The van der Waals surface area contributed by atoms with E-state index in [0.717, 1.165) is 11.3 Å². The Labute approximate surface area is 60.5 Å². The lowest BCUT2D eigenvalue weighted by Crippen LogP contribution is -1.85. The zero-order valence-corrected chi connectivity index (χ0v) is 6.51. The molecule has 1 heterocycles. The van der Waals surface area contributed by atoms with E-state index in [9.17, 15) is 0 Å². The van der Waals surface area contributed by atoms with Crippen LogP contribution in [0.2, 0.25) is 0 Å². The van der Waals surface area contributed by atoms with Crippen LogP contribution in [0.4, 0.5) is 0 Å². The predicted octanol–water partition coefficient (Wildman–Crippen LogP) is 1.95. The summed E-state index contributed by atoms with van der Waals surface area (Å²) in [6, 6.07) is 1.86. The first kappa shape index (κ1) is 7.35. The standard InChI is InChI=1S/C8H12O2/c1-5-4-8(6(2)9)10-7(5)3/h4,6,9H,1-3H3. The zero-order chi connectivity index (χ0) is 7.72. The third-order valence-electron chi connectivity index (χ3n) is 1.60. The summed E-state index contributed by atoms with van der Waals surface area (Å²) in [5.74, 6) is 1.53. The summed E-state index contributed by atoms with van der Waals surface area (Å²) in [6.07, 6.45) is -0.493. The zero-order valence-electron chi connectivity index (χ0n) is 6.51. The van der Waals surface area contributed by atoms with Crippen LogP contribution in [0, 0.1) is 13.8 Å². The van der Waals surface area contributed by atoms with E-state index in [-0.39, 0.29) is 0 Å². The molecule has 1 aromatic rings. The van der Waals surface area contributed by atoms with Gasteiger partial charge in [-0.3, -0.25) is 0 Å². The van der Waals surface area contributed by atoms with Gasteiger partial charge in [-0.2, -0.15) is 0 Å². The maximum absolute atomic E-state index is 9.07. The molecule has 1 atom stereocenters. The van der Waals surface area contributed by atoms with Crippen molar-refractivity contribution in [1.29, 1.82) is 0 Å². The van der Waals surface area contributed by atoms with Crippen LogP contribution < -0.4 is 0 Å². The molecule has 0 amide bonds.